The first-order valence-electron chi connectivity index (χ1n) is 4.43. The smallest absolute Gasteiger partial charge is 0.315 e. The number of hydrogen-bond acceptors (Lipinski definition) is 2. The van der Waals surface area contributed by atoms with Gasteiger partial charge in [-0.15, -0.1) is 0 Å². The van der Waals surface area contributed by atoms with Gasteiger partial charge in [-0.25, -0.2) is 0 Å². The lowest BCUT2D eigenvalue weighted by atomic mass is 10.1. The Balaban J connectivity index is 2.27. The maximum absolute atomic E-state index is 10.2. The minimum Gasteiger partial charge on any atom is -0.481 e. The number of furan rings is 1. The largest absolute Gasteiger partial charge is 0.481 e. The minimum atomic E-state index is -0.910. The van der Waals surface area contributed by atoms with Crippen molar-refractivity contribution in [2.24, 2.45) is 0 Å². The monoisotopic (exact) mass is 200 g/mol. The van der Waals surface area contributed by atoms with Crippen molar-refractivity contribution in [1.82, 2.24) is 0 Å². The highest BCUT2D eigenvalue weighted by Crippen LogP contribution is 2.16. The van der Waals surface area contributed by atoms with Crippen LogP contribution < -0.4 is 0 Å². The summed E-state index contributed by atoms with van der Waals surface area (Å²) in [6.07, 6.45) is 1.47. The number of carbonyl (C=O) groups is 1. The number of carboxylic acids is 1. The van der Waals surface area contributed by atoms with Crippen LogP contribution in [0.2, 0.25) is 0 Å². The molecule has 0 aliphatic heterocycles. The van der Waals surface area contributed by atoms with Gasteiger partial charge in [0.15, 0.2) is 0 Å². The Labute approximate surface area is 86.3 Å². The Morgan fingerprint density at radius 2 is 2.27 bits per heavy atom. The first-order valence-corrected chi connectivity index (χ1v) is 4.43. The number of fused-ring (bicyclic) bond motifs is 1. The Morgan fingerprint density at radius 1 is 1.40 bits per heavy atom. The van der Waals surface area contributed by atoms with Crippen molar-refractivity contribution in [3.63, 3.8) is 0 Å². The quantitative estimate of drug-likeness (QED) is 0.718. The van der Waals surface area contributed by atoms with Gasteiger partial charge in [0, 0.05) is 10.9 Å². The van der Waals surface area contributed by atoms with Gasteiger partial charge in [0.05, 0.1) is 6.26 Å². The van der Waals surface area contributed by atoms with Crippen LogP contribution in [0.4, 0.5) is 0 Å². The molecule has 2 rings (SSSR count). The summed E-state index contributed by atoms with van der Waals surface area (Å²) in [4.78, 5) is 10.2. The molecule has 0 fully saturated rings. The molecule has 1 heterocycles. The van der Waals surface area contributed by atoms with Gasteiger partial charge in [0.2, 0.25) is 0 Å². The molecular formula is C12H8O3. The molecule has 0 radical (unpaired) electrons. The summed E-state index contributed by atoms with van der Waals surface area (Å²) >= 11 is 0. The summed E-state index contributed by atoms with van der Waals surface area (Å²) in [6.45, 7) is 0. The molecule has 0 saturated heterocycles. The van der Waals surface area contributed by atoms with Crippen molar-refractivity contribution in [3.8, 4) is 11.8 Å². The van der Waals surface area contributed by atoms with E-state index < -0.39 is 5.97 Å². The average Bonchev–Trinajstić information content (AvgIpc) is 2.64. The molecule has 0 aliphatic rings. The van der Waals surface area contributed by atoms with Gasteiger partial charge in [0.25, 0.3) is 0 Å². The lowest BCUT2D eigenvalue weighted by molar-refractivity contribution is -0.135. The van der Waals surface area contributed by atoms with Crippen molar-refractivity contribution in [3.05, 3.63) is 36.1 Å². The number of rotatable bonds is 1. The Hall–Kier alpha value is -2.21. The van der Waals surface area contributed by atoms with Gasteiger partial charge in [0.1, 0.15) is 12.0 Å². The fraction of sp³-hybridized carbons (Fsp3) is 0.0833. The van der Waals surface area contributed by atoms with E-state index in [1.54, 1.807) is 12.3 Å². The van der Waals surface area contributed by atoms with Gasteiger partial charge in [-0.05, 0) is 24.3 Å². The lowest BCUT2D eigenvalue weighted by Crippen LogP contribution is -1.90. The number of benzene rings is 1. The van der Waals surface area contributed by atoms with Crippen molar-refractivity contribution in [2.75, 3.05) is 0 Å². The summed E-state index contributed by atoms with van der Waals surface area (Å²) in [7, 11) is 0. The zero-order chi connectivity index (χ0) is 10.7. The number of hydrogen-bond donors (Lipinski definition) is 1. The second-order valence-electron chi connectivity index (χ2n) is 3.05. The van der Waals surface area contributed by atoms with Gasteiger partial charge < -0.3 is 9.52 Å². The van der Waals surface area contributed by atoms with Crippen LogP contribution in [0.5, 0.6) is 0 Å². The molecule has 1 aromatic carbocycles. The van der Waals surface area contributed by atoms with Crippen LogP contribution in [0.1, 0.15) is 12.0 Å². The fourth-order valence-corrected chi connectivity index (χ4v) is 1.27. The summed E-state index contributed by atoms with van der Waals surface area (Å²) in [5.74, 6) is 4.45. The highest BCUT2D eigenvalue weighted by atomic mass is 16.4. The van der Waals surface area contributed by atoms with Gasteiger partial charge in [-0.1, -0.05) is 11.8 Å². The number of aliphatic carboxylic acids is 1. The van der Waals surface area contributed by atoms with Crippen molar-refractivity contribution in [2.45, 2.75) is 6.42 Å². The van der Waals surface area contributed by atoms with Crippen LogP contribution in [0.25, 0.3) is 11.0 Å². The maximum atomic E-state index is 10.2. The number of carboxylic acid groups (broad SMARTS) is 1. The van der Waals surface area contributed by atoms with E-state index in [0.29, 0.717) is 0 Å². The standard InChI is InChI=1S/C12H8O3/c13-12(14)3-1-2-9-4-5-11-10(8-9)6-7-15-11/h4-8H,3H2,(H,13,14). The van der Waals surface area contributed by atoms with Gasteiger partial charge >= 0.3 is 5.97 Å². The maximum Gasteiger partial charge on any atom is 0.315 e. The third kappa shape index (κ3) is 2.18. The summed E-state index contributed by atoms with van der Waals surface area (Å²) in [6, 6.07) is 7.34. The van der Waals surface area contributed by atoms with E-state index in [-0.39, 0.29) is 6.42 Å². The van der Waals surface area contributed by atoms with E-state index in [9.17, 15) is 4.79 Å². The van der Waals surface area contributed by atoms with Gasteiger partial charge in [-0.3, -0.25) is 4.79 Å². The zero-order valence-electron chi connectivity index (χ0n) is 7.86. The van der Waals surface area contributed by atoms with Crippen LogP contribution in [-0.4, -0.2) is 11.1 Å². The van der Waals surface area contributed by atoms with E-state index in [2.05, 4.69) is 11.8 Å². The normalized spacial score (nSPS) is 9.60. The van der Waals surface area contributed by atoms with Crippen molar-refractivity contribution >= 4 is 16.9 Å². The Kier molecular flexibility index (Phi) is 2.42. The highest BCUT2D eigenvalue weighted by molar-refractivity contribution is 5.78. The SMILES string of the molecule is O=C(O)CC#Cc1ccc2occc2c1. The van der Waals surface area contributed by atoms with E-state index in [1.165, 1.54) is 0 Å². The van der Waals surface area contributed by atoms with Gasteiger partial charge in [-0.2, -0.15) is 0 Å². The van der Waals surface area contributed by atoms with Crippen LogP contribution in [0.15, 0.2) is 34.9 Å². The molecule has 74 valence electrons. The van der Waals surface area contributed by atoms with Crippen LogP contribution in [-0.2, 0) is 4.79 Å². The summed E-state index contributed by atoms with van der Waals surface area (Å²) < 4.78 is 5.17. The fourth-order valence-electron chi connectivity index (χ4n) is 1.27. The molecule has 0 saturated carbocycles. The predicted octanol–water partition coefficient (Wildman–Crippen LogP) is 2.26. The molecule has 0 bridgehead atoms. The molecule has 1 N–H and O–H groups in total. The van der Waals surface area contributed by atoms with E-state index >= 15 is 0 Å². The second kappa shape index (κ2) is 3.89. The Bertz CT molecular complexity index is 555. The highest BCUT2D eigenvalue weighted by Gasteiger charge is 1.96. The van der Waals surface area contributed by atoms with Crippen molar-refractivity contribution in [1.29, 1.82) is 0 Å². The molecular weight excluding hydrogens is 192 g/mol. The van der Waals surface area contributed by atoms with E-state index in [1.807, 2.05) is 18.2 Å². The first-order chi connectivity index (χ1) is 7.25. The molecule has 0 amide bonds. The summed E-state index contributed by atoms with van der Waals surface area (Å²) in [5.41, 5.74) is 1.60. The molecule has 1 aromatic heterocycles. The third-order valence-electron chi connectivity index (χ3n) is 1.92. The molecule has 0 aliphatic carbocycles. The van der Waals surface area contributed by atoms with Crippen LogP contribution in [0.3, 0.4) is 0 Å². The second-order valence-corrected chi connectivity index (χ2v) is 3.05. The molecule has 3 nitrogen and oxygen atoms in total. The predicted molar refractivity (Wildman–Crippen MR) is 55.3 cm³/mol. The van der Waals surface area contributed by atoms with E-state index in [4.69, 9.17) is 9.52 Å². The topological polar surface area (TPSA) is 50.4 Å². The van der Waals surface area contributed by atoms with Crippen LogP contribution >= 0.6 is 0 Å². The molecule has 3 heteroatoms. The molecule has 0 atom stereocenters. The average molecular weight is 200 g/mol. The molecule has 2 aromatic rings. The Morgan fingerprint density at radius 3 is 3.07 bits per heavy atom. The molecule has 15 heavy (non-hydrogen) atoms. The third-order valence-corrected chi connectivity index (χ3v) is 1.92. The van der Waals surface area contributed by atoms with E-state index in [0.717, 1.165) is 16.5 Å². The van der Waals surface area contributed by atoms with Crippen molar-refractivity contribution < 1.29 is 14.3 Å². The summed E-state index contributed by atoms with van der Waals surface area (Å²) in [5, 5.41) is 9.38. The lowest BCUT2D eigenvalue weighted by Gasteiger charge is -1.90. The molecule has 0 unspecified atom stereocenters. The minimum absolute atomic E-state index is 0.135. The molecule has 0 spiro atoms. The zero-order valence-corrected chi connectivity index (χ0v) is 7.86. The first kappa shape index (κ1) is 9.35. The van der Waals surface area contributed by atoms with Crippen LogP contribution in [0, 0.1) is 11.8 Å².